The van der Waals surface area contributed by atoms with Crippen LogP contribution in [-0.4, -0.2) is 21.2 Å². The predicted molar refractivity (Wildman–Crippen MR) is 109 cm³/mol. The molecule has 4 nitrogen and oxygen atoms in total. The molecule has 3 rings (SSSR count). The Bertz CT molecular complexity index is 891. The van der Waals surface area contributed by atoms with E-state index >= 15 is 0 Å². The van der Waals surface area contributed by atoms with Gasteiger partial charge in [-0.15, -0.1) is 6.58 Å². The van der Waals surface area contributed by atoms with Gasteiger partial charge in [0.15, 0.2) is 5.16 Å². The number of rotatable bonds is 7. The molecule has 0 atom stereocenters. The molecule has 1 aromatic heterocycles. The third-order valence-electron chi connectivity index (χ3n) is 3.66. The van der Waals surface area contributed by atoms with Crippen LogP contribution in [0.2, 0.25) is 5.02 Å². The van der Waals surface area contributed by atoms with Crippen LogP contribution in [0.15, 0.2) is 78.6 Å². The van der Waals surface area contributed by atoms with E-state index in [0.717, 1.165) is 22.1 Å². The van der Waals surface area contributed by atoms with Crippen LogP contribution in [0.4, 0.5) is 5.69 Å². The highest BCUT2D eigenvalue weighted by molar-refractivity contribution is 7.99. The van der Waals surface area contributed by atoms with Crippen LogP contribution in [0.3, 0.4) is 0 Å². The number of imidazole rings is 1. The number of carbonyl (C=O) groups is 1. The first kappa shape index (κ1) is 18.3. The smallest absolute Gasteiger partial charge is 0.234 e. The number of hydrogen-bond acceptors (Lipinski definition) is 3. The number of nitrogens with one attached hydrogen (secondary N) is 1. The Labute approximate surface area is 161 Å². The van der Waals surface area contributed by atoms with E-state index < -0.39 is 0 Å². The molecule has 0 saturated carbocycles. The number of aromatic nitrogens is 2. The lowest BCUT2D eigenvalue weighted by Crippen LogP contribution is -2.14. The second-order valence-electron chi connectivity index (χ2n) is 5.54. The van der Waals surface area contributed by atoms with Gasteiger partial charge in [0.1, 0.15) is 0 Å². The number of anilines is 1. The molecule has 0 unspecified atom stereocenters. The number of thioether (sulfide) groups is 1. The lowest BCUT2D eigenvalue weighted by molar-refractivity contribution is -0.113. The number of hydrogen-bond donors (Lipinski definition) is 1. The Morgan fingerprint density at radius 3 is 2.62 bits per heavy atom. The van der Waals surface area contributed by atoms with Gasteiger partial charge in [-0.2, -0.15) is 0 Å². The van der Waals surface area contributed by atoms with E-state index in [1.165, 1.54) is 11.8 Å². The van der Waals surface area contributed by atoms with Crippen LogP contribution in [0.5, 0.6) is 0 Å². The first-order valence-electron chi connectivity index (χ1n) is 8.07. The van der Waals surface area contributed by atoms with Gasteiger partial charge in [-0.3, -0.25) is 4.79 Å². The molecular formula is C20H18ClN3OS. The van der Waals surface area contributed by atoms with Crippen LogP contribution in [0, 0.1) is 0 Å². The fourth-order valence-electron chi connectivity index (χ4n) is 2.48. The number of halogens is 1. The predicted octanol–water partition coefficient (Wildman–Crippen LogP) is 5.12. The number of nitrogens with zero attached hydrogens (tertiary/aromatic N) is 2. The molecule has 6 heteroatoms. The SMILES string of the molecule is C=CCn1c(-c2ccccc2)cnc1SCC(=O)Nc1ccc(Cl)cc1. The fraction of sp³-hybridized carbons (Fsp3) is 0.100. The molecule has 0 aliphatic rings. The standard InChI is InChI=1S/C20H18ClN3OS/c1-2-12-24-18(15-6-4-3-5-7-15)13-22-20(24)26-14-19(25)23-17-10-8-16(21)9-11-17/h2-11,13H,1,12,14H2,(H,23,25). The number of carbonyl (C=O) groups excluding carboxylic acids is 1. The van der Waals surface area contributed by atoms with E-state index in [1.54, 1.807) is 24.3 Å². The molecule has 2 aromatic carbocycles. The van der Waals surface area contributed by atoms with Gasteiger partial charge in [-0.05, 0) is 29.8 Å². The van der Waals surface area contributed by atoms with Crippen molar-refractivity contribution in [1.82, 2.24) is 9.55 Å². The largest absolute Gasteiger partial charge is 0.325 e. The van der Waals surface area contributed by atoms with Crippen LogP contribution in [-0.2, 0) is 11.3 Å². The molecule has 0 aliphatic carbocycles. The van der Waals surface area contributed by atoms with Crippen molar-refractivity contribution in [2.45, 2.75) is 11.7 Å². The van der Waals surface area contributed by atoms with E-state index in [1.807, 2.05) is 42.6 Å². The Hall–Kier alpha value is -2.50. The van der Waals surface area contributed by atoms with Crippen molar-refractivity contribution in [3.63, 3.8) is 0 Å². The van der Waals surface area contributed by atoms with Crippen molar-refractivity contribution in [3.8, 4) is 11.3 Å². The van der Waals surface area contributed by atoms with Crippen molar-refractivity contribution in [3.05, 3.63) is 78.5 Å². The monoisotopic (exact) mass is 383 g/mol. The van der Waals surface area contributed by atoms with Gasteiger partial charge < -0.3 is 9.88 Å². The Morgan fingerprint density at radius 1 is 1.19 bits per heavy atom. The summed E-state index contributed by atoms with van der Waals surface area (Å²) in [4.78, 5) is 16.7. The minimum atomic E-state index is -0.0910. The summed E-state index contributed by atoms with van der Waals surface area (Å²) < 4.78 is 2.06. The molecule has 0 spiro atoms. The van der Waals surface area contributed by atoms with Crippen molar-refractivity contribution in [2.24, 2.45) is 0 Å². The van der Waals surface area contributed by atoms with Crippen molar-refractivity contribution in [2.75, 3.05) is 11.1 Å². The summed E-state index contributed by atoms with van der Waals surface area (Å²) in [6.07, 6.45) is 3.66. The average molecular weight is 384 g/mol. The molecule has 1 amide bonds. The highest BCUT2D eigenvalue weighted by Gasteiger charge is 2.13. The van der Waals surface area contributed by atoms with Gasteiger partial charge >= 0.3 is 0 Å². The molecule has 0 fully saturated rings. The molecule has 0 radical (unpaired) electrons. The van der Waals surface area contributed by atoms with E-state index in [2.05, 4.69) is 21.4 Å². The number of benzene rings is 2. The molecule has 0 aliphatic heterocycles. The maximum Gasteiger partial charge on any atom is 0.234 e. The lowest BCUT2D eigenvalue weighted by atomic mass is 10.2. The summed E-state index contributed by atoms with van der Waals surface area (Å²) in [6.45, 7) is 4.45. The summed E-state index contributed by atoms with van der Waals surface area (Å²) in [5, 5.41) is 4.28. The fourth-order valence-corrected chi connectivity index (χ4v) is 3.39. The normalized spacial score (nSPS) is 10.5. The quantitative estimate of drug-likeness (QED) is 0.455. The molecule has 1 heterocycles. The molecule has 3 aromatic rings. The number of allylic oxidation sites excluding steroid dienone is 1. The molecule has 26 heavy (non-hydrogen) atoms. The van der Waals surface area contributed by atoms with Crippen LogP contribution in [0.25, 0.3) is 11.3 Å². The summed E-state index contributed by atoms with van der Waals surface area (Å²) in [5.74, 6) is 0.178. The zero-order valence-corrected chi connectivity index (χ0v) is 15.6. The second kappa shape index (κ2) is 8.74. The van der Waals surface area contributed by atoms with Crippen molar-refractivity contribution in [1.29, 1.82) is 0 Å². The van der Waals surface area contributed by atoms with Gasteiger partial charge in [0.05, 0.1) is 17.6 Å². The first-order chi connectivity index (χ1) is 12.7. The Morgan fingerprint density at radius 2 is 1.92 bits per heavy atom. The van der Waals surface area contributed by atoms with Gasteiger partial charge in [0, 0.05) is 17.3 Å². The topological polar surface area (TPSA) is 46.9 Å². The minimum Gasteiger partial charge on any atom is -0.325 e. The summed E-state index contributed by atoms with van der Waals surface area (Å²) in [6, 6.07) is 17.1. The van der Waals surface area contributed by atoms with Gasteiger partial charge in [-0.1, -0.05) is 59.8 Å². The minimum absolute atomic E-state index is 0.0910. The second-order valence-corrected chi connectivity index (χ2v) is 6.91. The van der Waals surface area contributed by atoms with E-state index in [0.29, 0.717) is 11.6 Å². The molecule has 1 N–H and O–H groups in total. The molecule has 132 valence electrons. The van der Waals surface area contributed by atoms with Crippen molar-refractivity contribution < 1.29 is 4.79 Å². The van der Waals surface area contributed by atoms with Gasteiger partial charge in [-0.25, -0.2) is 4.98 Å². The van der Waals surface area contributed by atoms with Gasteiger partial charge in [0.25, 0.3) is 0 Å². The van der Waals surface area contributed by atoms with Crippen LogP contribution < -0.4 is 5.32 Å². The number of amides is 1. The van der Waals surface area contributed by atoms with Gasteiger partial charge in [0.2, 0.25) is 5.91 Å². The Kier molecular flexibility index (Phi) is 6.15. The zero-order valence-electron chi connectivity index (χ0n) is 14.1. The van der Waals surface area contributed by atoms with Crippen molar-refractivity contribution >= 4 is 35.0 Å². The average Bonchev–Trinajstić information content (AvgIpc) is 3.06. The van der Waals surface area contributed by atoms with Crippen LogP contribution >= 0.6 is 23.4 Å². The third kappa shape index (κ3) is 4.56. The maximum atomic E-state index is 12.2. The molecule has 0 saturated heterocycles. The molecule has 0 bridgehead atoms. The maximum absolute atomic E-state index is 12.2. The summed E-state index contributed by atoms with van der Waals surface area (Å²) in [7, 11) is 0. The summed E-state index contributed by atoms with van der Waals surface area (Å²) >= 11 is 7.25. The Balaban J connectivity index is 1.69. The van der Waals surface area contributed by atoms with E-state index in [-0.39, 0.29) is 11.7 Å². The highest BCUT2D eigenvalue weighted by Crippen LogP contribution is 2.26. The summed E-state index contributed by atoms with van der Waals surface area (Å²) in [5.41, 5.74) is 2.81. The van der Waals surface area contributed by atoms with Crippen LogP contribution in [0.1, 0.15) is 0 Å². The third-order valence-corrected chi connectivity index (χ3v) is 4.90. The first-order valence-corrected chi connectivity index (χ1v) is 9.44. The van der Waals surface area contributed by atoms with E-state index in [9.17, 15) is 4.79 Å². The lowest BCUT2D eigenvalue weighted by Gasteiger charge is -2.10. The highest BCUT2D eigenvalue weighted by atomic mass is 35.5. The zero-order chi connectivity index (χ0) is 18.4. The van der Waals surface area contributed by atoms with E-state index in [4.69, 9.17) is 11.6 Å². The molecular weight excluding hydrogens is 366 g/mol.